The van der Waals surface area contributed by atoms with Gasteiger partial charge in [0, 0.05) is 35.4 Å². The Morgan fingerprint density at radius 3 is 3.06 bits per heavy atom. The first-order chi connectivity index (χ1) is 8.79. The lowest BCUT2D eigenvalue weighted by atomic mass is 10.0. The minimum atomic E-state index is -0.634. The first-order valence-corrected chi connectivity index (χ1v) is 6.06. The molecule has 92 valence electrons. The zero-order valence-electron chi connectivity index (χ0n) is 10.2. The number of aromatic amines is 1. The zero-order chi connectivity index (χ0) is 12.5. The number of hydrogen-bond donors (Lipinski definition) is 2. The Kier molecular flexibility index (Phi) is 2.64. The standard InChI is InChI=1S/C14H15N3O/c1-2-17-9-10(8-16-17)14(18)12-4-3-5-13-11(12)6-7-15-13/h3-9,14-15,18H,2H2,1H3. The van der Waals surface area contributed by atoms with Crippen molar-refractivity contribution in [1.29, 1.82) is 0 Å². The summed E-state index contributed by atoms with van der Waals surface area (Å²) in [5, 5.41) is 15.7. The number of hydrogen-bond acceptors (Lipinski definition) is 2. The van der Waals surface area contributed by atoms with Crippen LogP contribution in [0.4, 0.5) is 0 Å². The molecule has 3 aromatic rings. The van der Waals surface area contributed by atoms with Crippen LogP contribution in [0.15, 0.2) is 42.9 Å². The molecule has 0 aliphatic heterocycles. The highest BCUT2D eigenvalue weighted by Crippen LogP contribution is 2.28. The Labute approximate surface area is 105 Å². The van der Waals surface area contributed by atoms with Gasteiger partial charge >= 0.3 is 0 Å². The van der Waals surface area contributed by atoms with Gasteiger partial charge in [0.05, 0.1) is 6.20 Å². The van der Waals surface area contributed by atoms with Crippen molar-refractivity contribution in [2.24, 2.45) is 0 Å². The van der Waals surface area contributed by atoms with Crippen LogP contribution in [-0.2, 0) is 6.54 Å². The van der Waals surface area contributed by atoms with Crippen LogP contribution in [0.5, 0.6) is 0 Å². The van der Waals surface area contributed by atoms with Crippen LogP contribution < -0.4 is 0 Å². The molecule has 0 saturated carbocycles. The summed E-state index contributed by atoms with van der Waals surface area (Å²) in [4.78, 5) is 3.15. The van der Waals surface area contributed by atoms with Gasteiger partial charge in [-0.05, 0) is 24.6 Å². The fourth-order valence-corrected chi connectivity index (χ4v) is 2.22. The smallest absolute Gasteiger partial charge is 0.108 e. The fourth-order valence-electron chi connectivity index (χ4n) is 2.22. The van der Waals surface area contributed by atoms with Gasteiger partial charge in [0.2, 0.25) is 0 Å². The van der Waals surface area contributed by atoms with Gasteiger partial charge in [-0.2, -0.15) is 5.10 Å². The number of fused-ring (bicyclic) bond motifs is 1. The summed E-state index contributed by atoms with van der Waals surface area (Å²) < 4.78 is 1.82. The molecule has 0 radical (unpaired) electrons. The third kappa shape index (κ3) is 1.71. The fraction of sp³-hybridized carbons (Fsp3) is 0.214. The van der Waals surface area contributed by atoms with E-state index in [-0.39, 0.29) is 0 Å². The van der Waals surface area contributed by atoms with Crippen LogP contribution in [-0.4, -0.2) is 19.9 Å². The number of aliphatic hydroxyl groups is 1. The van der Waals surface area contributed by atoms with E-state index in [1.165, 1.54) is 0 Å². The molecule has 0 amide bonds. The van der Waals surface area contributed by atoms with Crippen molar-refractivity contribution in [3.05, 3.63) is 54.0 Å². The third-order valence-electron chi connectivity index (χ3n) is 3.22. The molecule has 18 heavy (non-hydrogen) atoms. The number of rotatable bonds is 3. The summed E-state index contributed by atoms with van der Waals surface area (Å²) in [7, 11) is 0. The molecule has 3 rings (SSSR count). The van der Waals surface area contributed by atoms with E-state index in [4.69, 9.17) is 0 Å². The summed E-state index contributed by atoms with van der Waals surface area (Å²) in [6, 6.07) is 7.88. The van der Waals surface area contributed by atoms with Crippen LogP contribution in [0, 0.1) is 0 Å². The van der Waals surface area contributed by atoms with Crippen molar-refractivity contribution in [1.82, 2.24) is 14.8 Å². The first kappa shape index (κ1) is 11.0. The lowest BCUT2D eigenvalue weighted by Crippen LogP contribution is -1.99. The van der Waals surface area contributed by atoms with E-state index in [2.05, 4.69) is 10.1 Å². The van der Waals surface area contributed by atoms with Gasteiger partial charge in [-0.15, -0.1) is 0 Å². The SMILES string of the molecule is CCn1cc(C(O)c2cccc3[nH]ccc23)cn1. The molecule has 0 saturated heterocycles. The molecule has 0 fully saturated rings. The number of benzene rings is 1. The lowest BCUT2D eigenvalue weighted by molar-refractivity contribution is 0.222. The number of aryl methyl sites for hydroxylation is 1. The molecule has 4 nitrogen and oxygen atoms in total. The van der Waals surface area contributed by atoms with Crippen LogP contribution in [0.2, 0.25) is 0 Å². The van der Waals surface area contributed by atoms with E-state index in [1.54, 1.807) is 6.20 Å². The van der Waals surface area contributed by atoms with E-state index >= 15 is 0 Å². The zero-order valence-corrected chi connectivity index (χ0v) is 10.2. The predicted octanol–water partition coefficient (Wildman–Crippen LogP) is 2.47. The molecule has 1 unspecified atom stereocenters. The van der Waals surface area contributed by atoms with E-state index in [9.17, 15) is 5.11 Å². The maximum atomic E-state index is 10.4. The second-order valence-corrected chi connectivity index (χ2v) is 4.32. The molecular weight excluding hydrogens is 226 g/mol. The molecular formula is C14H15N3O. The number of H-pyrrole nitrogens is 1. The molecule has 1 atom stereocenters. The molecule has 0 aliphatic carbocycles. The summed E-state index contributed by atoms with van der Waals surface area (Å²) in [5.41, 5.74) is 2.77. The Bertz CT molecular complexity index is 668. The van der Waals surface area contributed by atoms with Gasteiger partial charge in [-0.25, -0.2) is 0 Å². The maximum Gasteiger partial charge on any atom is 0.108 e. The molecule has 2 heterocycles. The summed E-state index contributed by atoms with van der Waals surface area (Å²) in [6.45, 7) is 2.83. The van der Waals surface area contributed by atoms with E-state index in [0.29, 0.717) is 0 Å². The second kappa shape index (κ2) is 4.31. The Morgan fingerprint density at radius 1 is 1.39 bits per heavy atom. The quantitative estimate of drug-likeness (QED) is 0.740. The third-order valence-corrected chi connectivity index (χ3v) is 3.22. The topological polar surface area (TPSA) is 53.8 Å². The van der Waals surface area contributed by atoms with Crippen LogP contribution >= 0.6 is 0 Å². The summed E-state index contributed by atoms with van der Waals surface area (Å²) in [6.07, 6.45) is 4.86. The van der Waals surface area contributed by atoms with Crippen LogP contribution in [0.1, 0.15) is 24.2 Å². The number of aliphatic hydroxyl groups excluding tert-OH is 1. The minimum absolute atomic E-state index is 0.634. The van der Waals surface area contributed by atoms with Gasteiger partial charge in [0.25, 0.3) is 0 Å². The maximum absolute atomic E-state index is 10.4. The van der Waals surface area contributed by atoms with Crippen molar-refractivity contribution in [3.8, 4) is 0 Å². The van der Waals surface area contributed by atoms with E-state index < -0.39 is 6.10 Å². The highest BCUT2D eigenvalue weighted by molar-refractivity contribution is 5.83. The highest BCUT2D eigenvalue weighted by Gasteiger charge is 2.15. The summed E-state index contributed by atoms with van der Waals surface area (Å²) >= 11 is 0. The number of nitrogens with one attached hydrogen (secondary N) is 1. The molecule has 0 bridgehead atoms. The first-order valence-electron chi connectivity index (χ1n) is 6.06. The van der Waals surface area contributed by atoms with Gasteiger partial charge in [-0.1, -0.05) is 12.1 Å². The van der Waals surface area contributed by atoms with Crippen molar-refractivity contribution < 1.29 is 5.11 Å². The Morgan fingerprint density at radius 2 is 2.28 bits per heavy atom. The molecule has 2 aromatic heterocycles. The normalized spacial score (nSPS) is 13.0. The predicted molar refractivity (Wildman–Crippen MR) is 70.3 cm³/mol. The van der Waals surface area contributed by atoms with Crippen LogP contribution in [0.25, 0.3) is 10.9 Å². The van der Waals surface area contributed by atoms with E-state index in [0.717, 1.165) is 28.6 Å². The van der Waals surface area contributed by atoms with Crippen molar-refractivity contribution in [3.63, 3.8) is 0 Å². The monoisotopic (exact) mass is 241 g/mol. The number of nitrogens with zero attached hydrogens (tertiary/aromatic N) is 2. The van der Waals surface area contributed by atoms with Gasteiger partial charge in [0.1, 0.15) is 6.10 Å². The number of aromatic nitrogens is 3. The average Bonchev–Trinajstić information content (AvgIpc) is 3.05. The molecule has 0 aliphatic rings. The summed E-state index contributed by atoms with van der Waals surface area (Å²) in [5.74, 6) is 0. The average molecular weight is 241 g/mol. The highest BCUT2D eigenvalue weighted by atomic mass is 16.3. The second-order valence-electron chi connectivity index (χ2n) is 4.32. The van der Waals surface area contributed by atoms with Gasteiger partial charge in [-0.3, -0.25) is 4.68 Å². The minimum Gasteiger partial charge on any atom is -0.384 e. The van der Waals surface area contributed by atoms with Crippen molar-refractivity contribution in [2.75, 3.05) is 0 Å². The molecule has 2 N–H and O–H groups in total. The molecule has 1 aromatic carbocycles. The lowest BCUT2D eigenvalue weighted by Gasteiger charge is -2.10. The largest absolute Gasteiger partial charge is 0.384 e. The van der Waals surface area contributed by atoms with Crippen molar-refractivity contribution in [2.45, 2.75) is 19.6 Å². The van der Waals surface area contributed by atoms with E-state index in [1.807, 2.05) is 48.3 Å². The Hall–Kier alpha value is -2.07. The molecule has 4 heteroatoms. The molecule has 0 spiro atoms. The van der Waals surface area contributed by atoms with Crippen molar-refractivity contribution >= 4 is 10.9 Å². The Balaban J connectivity index is 2.05. The van der Waals surface area contributed by atoms with Gasteiger partial charge in [0.15, 0.2) is 0 Å². The van der Waals surface area contributed by atoms with Gasteiger partial charge < -0.3 is 10.1 Å². The van der Waals surface area contributed by atoms with Crippen LogP contribution in [0.3, 0.4) is 0 Å².